The number of carbonyl (C=O) groups excluding carboxylic acids is 1. The quantitative estimate of drug-likeness (QED) is 0.639. The lowest BCUT2D eigenvalue weighted by Gasteiger charge is -2.07. The zero-order chi connectivity index (χ0) is 12.8. The van der Waals surface area contributed by atoms with Gasteiger partial charge in [-0.25, -0.2) is 0 Å². The van der Waals surface area contributed by atoms with Crippen molar-refractivity contribution in [3.05, 3.63) is 28.2 Å². The van der Waals surface area contributed by atoms with Gasteiger partial charge in [0.25, 0.3) is 5.91 Å². The Bertz CT molecular complexity index is 437. The standard InChI is InChI=1S/C11H15BrN2O2S/c1-17(16)6-2-5-14-11(15)9-4-3-8(12)7-10(9)13/h3-4,7H,2,5-6,13H2,1H3,(H,14,15). The first-order valence-electron chi connectivity index (χ1n) is 5.14. The van der Waals surface area contributed by atoms with Gasteiger partial charge in [0.15, 0.2) is 0 Å². The van der Waals surface area contributed by atoms with Crippen LogP contribution in [0.15, 0.2) is 22.7 Å². The van der Waals surface area contributed by atoms with Crippen LogP contribution >= 0.6 is 15.9 Å². The highest BCUT2D eigenvalue weighted by molar-refractivity contribution is 9.10. The van der Waals surface area contributed by atoms with Gasteiger partial charge in [-0.15, -0.1) is 0 Å². The van der Waals surface area contributed by atoms with Gasteiger partial charge in [0.05, 0.1) is 5.56 Å². The van der Waals surface area contributed by atoms with E-state index in [9.17, 15) is 9.00 Å². The SMILES string of the molecule is CS(=O)CCCNC(=O)c1ccc(Br)cc1N. The zero-order valence-corrected chi connectivity index (χ0v) is 11.9. The number of hydrogen-bond donors (Lipinski definition) is 2. The van der Waals surface area contributed by atoms with Gasteiger partial charge in [0.2, 0.25) is 0 Å². The highest BCUT2D eigenvalue weighted by atomic mass is 79.9. The van der Waals surface area contributed by atoms with Crippen molar-refractivity contribution >= 4 is 38.3 Å². The van der Waals surface area contributed by atoms with E-state index in [0.717, 1.165) is 4.47 Å². The van der Waals surface area contributed by atoms with Crippen molar-refractivity contribution in [3.63, 3.8) is 0 Å². The number of nitrogens with one attached hydrogen (secondary N) is 1. The normalized spacial score (nSPS) is 12.1. The molecule has 1 atom stereocenters. The van der Waals surface area contributed by atoms with Crippen molar-refractivity contribution in [1.29, 1.82) is 0 Å². The molecule has 0 spiro atoms. The molecule has 3 N–H and O–H groups in total. The van der Waals surface area contributed by atoms with Crippen LogP contribution in [0.4, 0.5) is 5.69 Å². The smallest absolute Gasteiger partial charge is 0.253 e. The molecule has 1 amide bonds. The maximum atomic E-state index is 11.7. The van der Waals surface area contributed by atoms with Gasteiger partial charge in [0.1, 0.15) is 0 Å². The summed E-state index contributed by atoms with van der Waals surface area (Å²) in [6.45, 7) is 0.508. The molecule has 0 radical (unpaired) electrons. The molecule has 17 heavy (non-hydrogen) atoms. The first-order valence-corrected chi connectivity index (χ1v) is 7.66. The predicted molar refractivity (Wildman–Crippen MR) is 74.4 cm³/mol. The number of amides is 1. The van der Waals surface area contributed by atoms with Crippen molar-refractivity contribution < 1.29 is 9.00 Å². The Balaban J connectivity index is 2.50. The van der Waals surface area contributed by atoms with Gasteiger partial charge in [-0.2, -0.15) is 0 Å². The highest BCUT2D eigenvalue weighted by Crippen LogP contribution is 2.18. The van der Waals surface area contributed by atoms with Crippen LogP contribution in [-0.2, 0) is 10.8 Å². The number of nitrogen functional groups attached to an aromatic ring is 1. The number of halogens is 1. The highest BCUT2D eigenvalue weighted by Gasteiger charge is 2.08. The Labute approximate surface area is 112 Å². The first-order chi connectivity index (χ1) is 8.00. The Morgan fingerprint density at radius 1 is 1.53 bits per heavy atom. The lowest BCUT2D eigenvalue weighted by molar-refractivity contribution is 0.0954. The summed E-state index contributed by atoms with van der Waals surface area (Å²) in [5.41, 5.74) is 6.64. The third kappa shape index (κ3) is 4.87. The molecule has 94 valence electrons. The van der Waals surface area contributed by atoms with Crippen molar-refractivity contribution in [3.8, 4) is 0 Å². The van der Waals surface area contributed by atoms with Crippen LogP contribution < -0.4 is 11.1 Å². The minimum absolute atomic E-state index is 0.197. The maximum Gasteiger partial charge on any atom is 0.253 e. The van der Waals surface area contributed by atoms with Gasteiger partial charge >= 0.3 is 0 Å². The molecule has 0 bridgehead atoms. The Hall–Kier alpha value is -0.880. The summed E-state index contributed by atoms with van der Waals surface area (Å²) < 4.78 is 11.7. The second kappa shape index (κ2) is 6.76. The molecule has 4 nitrogen and oxygen atoms in total. The first kappa shape index (κ1) is 14.2. The molecular formula is C11H15BrN2O2S. The molecule has 0 aromatic heterocycles. The predicted octanol–water partition coefficient (Wildman–Crippen LogP) is 1.53. The number of hydrogen-bond acceptors (Lipinski definition) is 3. The molecule has 0 aliphatic carbocycles. The Morgan fingerprint density at radius 3 is 2.82 bits per heavy atom. The minimum Gasteiger partial charge on any atom is -0.398 e. The molecule has 0 aliphatic heterocycles. The van der Waals surface area contributed by atoms with Gasteiger partial charge in [-0.05, 0) is 24.6 Å². The molecule has 0 saturated heterocycles. The number of nitrogens with two attached hydrogens (primary N) is 1. The molecular weight excluding hydrogens is 304 g/mol. The molecule has 1 unspecified atom stereocenters. The second-order valence-electron chi connectivity index (χ2n) is 3.62. The van der Waals surface area contributed by atoms with E-state index in [2.05, 4.69) is 21.2 Å². The summed E-state index contributed by atoms with van der Waals surface area (Å²) in [5, 5.41) is 2.75. The van der Waals surface area contributed by atoms with Crippen LogP contribution in [-0.4, -0.2) is 28.7 Å². The number of anilines is 1. The Kier molecular flexibility index (Phi) is 5.64. The third-order valence-electron chi connectivity index (χ3n) is 2.15. The summed E-state index contributed by atoms with van der Waals surface area (Å²) in [6.07, 6.45) is 2.35. The van der Waals surface area contributed by atoms with Gasteiger partial charge < -0.3 is 11.1 Å². The molecule has 0 heterocycles. The fourth-order valence-electron chi connectivity index (χ4n) is 1.31. The molecule has 0 saturated carbocycles. The zero-order valence-electron chi connectivity index (χ0n) is 9.53. The second-order valence-corrected chi connectivity index (χ2v) is 6.09. The van der Waals surface area contributed by atoms with Crippen molar-refractivity contribution in [2.45, 2.75) is 6.42 Å². The minimum atomic E-state index is -0.814. The van der Waals surface area contributed by atoms with Crippen molar-refractivity contribution in [2.75, 3.05) is 24.3 Å². The van der Waals surface area contributed by atoms with Crippen LogP contribution in [0, 0.1) is 0 Å². The summed E-state index contributed by atoms with van der Waals surface area (Å²) in [6, 6.07) is 5.13. The van der Waals surface area contributed by atoms with E-state index in [1.807, 2.05) is 0 Å². The summed E-state index contributed by atoms with van der Waals surface area (Å²) >= 11 is 3.28. The van der Waals surface area contributed by atoms with E-state index in [-0.39, 0.29) is 5.91 Å². The molecule has 0 fully saturated rings. The van der Waals surface area contributed by atoms with E-state index in [1.165, 1.54) is 0 Å². The largest absolute Gasteiger partial charge is 0.398 e. The van der Waals surface area contributed by atoms with Crippen LogP contribution in [0.25, 0.3) is 0 Å². The van der Waals surface area contributed by atoms with Crippen molar-refractivity contribution in [1.82, 2.24) is 5.32 Å². The molecule has 1 aromatic carbocycles. The van der Waals surface area contributed by atoms with Gasteiger partial charge in [-0.1, -0.05) is 15.9 Å². The molecule has 1 aromatic rings. The van der Waals surface area contributed by atoms with Gasteiger partial charge in [0, 0.05) is 39.5 Å². The van der Waals surface area contributed by atoms with Gasteiger partial charge in [-0.3, -0.25) is 9.00 Å². The Morgan fingerprint density at radius 2 is 2.24 bits per heavy atom. The van der Waals surface area contributed by atoms with Crippen LogP contribution in [0.5, 0.6) is 0 Å². The third-order valence-corrected chi connectivity index (χ3v) is 3.51. The summed E-state index contributed by atoms with van der Waals surface area (Å²) in [5.74, 6) is 0.396. The van der Waals surface area contributed by atoms with Crippen LogP contribution in [0.1, 0.15) is 16.8 Å². The lowest BCUT2D eigenvalue weighted by Crippen LogP contribution is -2.26. The number of rotatable bonds is 5. The van der Waals surface area contributed by atoms with E-state index < -0.39 is 10.8 Å². The molecule has 6 heteroatoms. The van der Waals surface area contributed by atoms with E-state index in [1.54, 1.807) is 24.5 Å². The average molecular weight is 319 g/mol. The molecule has 1 rings (SSSR count). The molecule has 0 aliphatic rings. The monoisotopic (exact) mass is 318 g/mol. The summed E-state index contributed by atoms with van der Waals surface area (Å²) in [4.78, 5) is 11.7. The number of benzene rings is 1. The fourth-order valence-corrected chi connectivity index (χ4v) is 2.24. The van der Waals surface area contributed by atoms with E-state index in [4.69, 9.17) is 5.73 Å². The van der Waals surface area contributed by atoms with E-state index >= 15 is 0 Å². The topological polar surface area (TPSA) is 72.2 Å². The average Bonchev–Trinajstić information content (AvgIpc) is 2.23. The number of carbonyl (C=O) groups is 1. The maximum absolute atomic E-state index is 11.7. The van der Waals surface area contributed by atoms with Crippen LogP contribution in [0.3, 0.4) is 0 Å². The van der Waals surface area contributed by atoms with Crippen molar-refractivity contribution in [2.24, 2.45) is 0 Å². The van der Waals surface area contributed by atoms with Crippen LogP contribution in [0.2, 0.25) is 0 Å². The van der Waals surface area contributed by atoms with E-state index in [0.29, 0.717) is 30.0 Å². The lowest BCUT2D eigenvalue weighted by atomic mass is 10.1. The summed E-state index contributed by atoms with van der Waals surface area (Å²) in [7, 11) is -0.814. The fraction of sp³-hybridized carbons (Fsp3) is 0.364.